The maximum Gasteiger partial charge on any atom is 0.241 e. The Balaban J connectivity index is 1.30. The molecule has 0 saturated carbocycles. The van der Waals surface area contributed by atoms with Gasteiger partial charge in [-0.1, -0.05) is 12.1 Å². The van der Waals surface area contributed by atoms with Crippen molar-refractivity contribution in [2.75, 3.05) is 49.1 Å². The van der Waals surface area contributed by atoms with Gasteiger partial charge in [-0.15, -0.1) is 0 Å². The Kier molecular flexibility index (Phi) is 7.61. The molecule has 2 aromatic carbocycles. The lowest BCUT2D eigenvalue weighted by molar-refractivity contribution is -0.116. The van der Waals surface area contributed by atoms with E-state index >= 15 is 0 Å². The number of hydrogen-bond donors (Lipinski definition) is 1. The summed E-state index contributed by atoms with van der Waals surface area (Å²) in [5.74, 6) is -0.302. The van der Waals surface area contributed by atoms with Crippen molar-refractivity contribution in [2.24, 2.45) is 0 Å². The summed E-state index contributed by atoms with van der Waals surface area (Å²) in [7, 11) is -3.73. The van der Waals surface area contributed by atoms with E-state index in [1.54, 1.807) is 29.2 Å². The van der Waals surface area contributed by atoms with E-state index in [4.69, 9.17) is 0 Å². The standard InChI is InChI=1S/C24H30BrFN4O3S/c1-17-14-19-15-20(25)24(16-23(19)30(17)18(2)31)34(32,33)27-8-5-9-28-10-12-29(13-11-28)22-7-4-3-6-21(22)26/h3-4,6-7,15-17,27H,5,8-14H2,1-2H3. The van der Waals surface area contributed by atoms with Gasteiger partial charge in [0.05, 0.1) is 10.6 Å². The second-order valence-corrected chi connectivity index (χ2v) is 11.5. The summed E-state index contributed by atoms with van der Waals surface area (Å²) in [5.41, 5.74) is 2.26. The zero-order valence-electron chi connectivity index (χ0n) is 19.4. The number of carbonyl (C=O) groups is 1. The van der Waals surface area contributed by atoms with Crippen molar-refractivity contribution < 1.29 is 17.6 Å². The van der Waals surface area contributed by atoms with Gasteiger partial charge < -0.3 is 9.80 Å². The molecule has 10 heteroatoms. The Morgan fingerprint density at radius 1 is 1.15 bits per heavy atom. The van der Waals surface area contributed by atoms with E-state index in [2.05, 4.69) is 25.6 Å². The molecule has 0 bridgehead atoms. The van der Waals surface area contributed by atoms with Crippen LogP contribution in [0.15, 0.2) is 45.8 Å². The van der Waals surface area contributed by atoms with Gasteiger partial charge in [0.2, 0.25) is 15.9 Å². The number of fused-ring (bicyclic) bond motifs is 1. The van der Waals surface area contributed by atoms with E-state index in [9.17, 15) is 17.6 Å². The summed E-state index contributed by atoms with van der Waals surface area (Å²) < 4.78 is 43.2. The van der Waals surface area contributed by atoms with Crippen LogP contribution >= 0.6 is 15.9 Å². The molecule has 2 aliphatic heterocycles. The number of sulfonamides is 1. The predicted molar refractivity (Wildman–Crippen MR) is 135 cm³/mol. The maximum atomic E-state index is 14.0. The van der Waals surface area contributed by atoms with Gasteiger partial charge in [0, 0.05) is 55.8 Å². The number of benzene rings is 2. The van der Waals surface area contributed by atoms with Crippen molar-refractivity contribution in [3.8, 4) is 0 Å². The Morgan fingerprint density at radius 2 is 1.85 bits per heavy atom. The van der Waals surface area contributed by atoms with E-state index in [-0.39, 0.29) is 22.7 Å². The van der Waals surface area contributed by atoms with Crippen molar-refractivity contribution in [2.45, 2.75) is 37.6 Å². The SMILES string of the molecule is CC(=O)N1c2cc(S(=O)(=O)NCCCN3CCN(c4ccccc4F)CC3)c(Br)cc2CC1C. The number of rotatable bonds is 7. The molecule has 1 atom stereocenters. The van der Waals surface area contributed by atoms with Gasteiger partial charge in [-0.3, -0.25) is 9.69 Å². The van der Waals surface area contributed by atoms with Gasteiger partial charge in [0.1, 0.15) is 5.82 Å². The minimum Gasteiger partial charge on any atom is -0.367 e. The maximum absolute atomic E-state index is 14.0. The van der Waals surface area contributed by atoms with Crippen LogP contribution in [0.2, 0.25) is 0 Å². The van der Waals surface area contributed by atoms with Gasteiger partial charge in [-0.25, -0.2) is 17.5 Å². The fourth-order valence-electron chi connectivity index (χ4n) is 4.81. The van der Waals surface area contributed by atoms with E-state index < -0.39 is 10.0 Å². The second kappa shape index (κ2) is 10.3. The van der Waals surface area contributed by atoms with E-state index in [0.717, 1.165) is 38.3 Å². The molecule has 34 heavy (non-hydrogen) atoms. The molecule has 2 aliphatic rings. The van der Waals surface area contributed by atoms with Crippen LogP contribution in [0.5, 0.6) is 0 Å². The third-order valence-electron chi connectivity index (χ3n) is 6.49. The minimum absolute atomic E-state index is 0.00386. The van der Waals surface area contributed by atoms with Crippen molar-refractivity contribution in [1.82, 2.24) is 9.62 Å². The summed E-state index contributed by atoms with van der Waals surface area (Å²) in [6, 6.07) is 10.2. The number of anilines is 2. The number of amides is 1. The van der Waals surface area contributed by atoms with Crippen molar-refractivity contribution in [3.63, 3.8) is 0 Å². The number of piperazine rings is 1. The second-order valence-electron chi connectivity index (χ2n) is 8.88. The lowest BCUT2D eigenvalue weighted by atomic mass is 10.1. The first-order chi connectivity index (χ1) is 16.2. The van der Waals surface area contributed by atoms with Crippen LogP contribution in [-0.2, 0) is 21.2 Å². The van der Waals surface area contributed by atoms with Crippen molar-refractivity contribution >= 4 is 43.2 Å². The number of hydrogen-bond acceptors (Lipinski definition) is 5. The number of nitrogens with one attached hydrogen (secondary N) is 1. The molecule has 1 N–H and O–H groups in total. The fourth-order valence-corrected chi connectivity index (χ4v) is 6.99. The highest BCUT2D eigenvalue weighted by atomic mass is 79.9. The summed E-state index contributed by atoms with van der Waals surface area (Å²) in [6.07, 6.45) is 1.36. The summed E-state index contributed by atoms with van der Waals surface area (Å²) in [4.78, 5) is 18.2. The minimum atomic E-state index is -3.73. The largest absolute Gasteiger partial charge is 0.367 e. The average Bonchev–Trinajstić information content (AvgIpc) is 3.11. The molecule has 2 aromatic rings. The van der Waals surface area contributed by atoms with Gasteiger partial charge in [0.25, 0.3) is 0 Å². The highest BCUT2D eigenvalue weighted by Gasteiger charge is 2.32. The van der Waals surface area contributed by atoms with E-state index in [1.807, 2.05) is 17.9 Å². The molecule has 2 heterocycles. The molecule has 0 radical (unpaired) electrons. The summed E-state index contributed by atoms with van der Waals surface area (Å²) >= 11 is 3.40. The Bertz CT molecular complexity index is 1170. The molecular weight excluding hydrogens is 523 g/mol. The quantitative estimate of drug-likeness (QED) is 0.533. The first-order valence-corrected chi connectivity index (χ1v) is 13.8. The van der Waals surface area contributed by atoms with E-state index in [1.165, 1.54) is 13.0 Å². The molecule has 1 saturated heterocycles. The van der Waals surface area contributed by atoms with Gasteiger partial charge >= 0.3 is 0 Å². The third kappa shape index (κ3) is 5.30. The zero-order chi connectivity index (χ0) is 24.5. The first kappa shape index (κ1) is 25.1. The molecule has 7 nitrogen and oxygen atoms in total. The molecule has 184 valence electrons. The molecule has 1 amide bonds. The Hall–Kier alpha value is -2.01. The normalized spacial score (nSPS) is 18.9. The fraction of sp³-hybridized carbons (Fsp3) is 0.458. The van der Waals surface area contributed by atoms with Gasteiger partial charge in [0.15, 0.2) is 0 Å². The van der Waals surface area contributed by atoms with Crippen LogP contribution in [0, 0.1) is 5.82 Å². The van der Waals surface area contributed by atoms with Gasteiger partial charge in [-0.2, -0.15) is 0 Å². The van der Waals surface area contributed by atoms with Gasteiger partial charge in [-0.05, 0) is 72.1 Å². The molecular formula is C24H30BrFN4O3S. The first-order valence-electron chi connectivity index (χ1n) is 11.5. The van der Waals surface area contributed by atoms with Crippen LogP contribution in [0.3, 0.4) is 0 Å². The molecule has 0 aliphatic carbocycles. The highest BCUT2D eigenvalue weighted by Crippen LogP contribution is 2.37. The third-order valence-corrected chi connectivity index (χ3v) is 8.91. The smallest absolute Gasteiger partial charge is 0.241 e. The predicted octanol–water partition coefficient (Wildman–Crippen LogP) is 3.38. The van der Waals surface area contributed by atoms with Crippen LogP contribution in [0.4, 0.5) is 15.8 Å². The van der Waals surface area contributed by atoms with Crippen LogP contribution in [-0.4, -0.2) is 64.5 Å². The lowest BCUT2D eigenvalue weighted by Crippen LogP contribution is -2.47. The van der Waals surface area contributed by atoms with Crippen LogP contribution in [0.1, 0.15) is 25.8 Å². The van der Waals surface area contributed by atoms with Crippen LogP contribution in [0.25, 0.3) is 0 Å². The zero-order valence-corrected chi connectivity index (χ0v) is 21.8. The average molecular weight is 553 g/mol. The summed E-state index contributed by atoms with van der Waals surface area (Å²) in [5, 5.41) is 0. The molecule has 0 spiro atoms. The Labute approximate surface area is 209 Å². The monoisotopic (exact) mass is 552 g/mol. The molecule has 1 unspecified atom stereocenters. The Morgan fingerprint density at radius 3 is 2.53 bits per heavy atom. The molecule has 4 rings (SSSR count). The van der Waals surface area contributed by atoms with Crippen molar-refractivity contribution in [3.05, 3.63) is 52.3 Å². The number of para-hydroxylation sites is 1. The van der Waals surface area contributed by atoms with E-state index in [0.29, 0.717) is 35.2 Å². The highest BCUT2D eigenvalue weighted by molar-refractivity contribution is 9.10. The number of nitrogens with zero attached hydrogens (tertiary/aromatic N) is 3. The van der Waals surface area contributed by atoms with Crippen molar-refractivity contribution in [1.29, 1.82) is 0 Å². The molecule has 1 fully saturated rings. The number of halogens is 2. The topological polar surface area (TPSA) is 73.0 Å². The number of carbonyl (C=O) groups excluding carboxylic acids is 1. The van der Waals surface area contributed by atoms with Crippen LogP contribution < -0.4 is 14.5 Å². The molecule has 0 aromatic heterocycles. The lowest BCUT2D eigenvalue weighted by Gasteiger charge is -2.36. The summed E-state index contributed by atoms with van der Waals surface area (Å²) in [6.45, 7) is 7.60.